The van der Waals surface area contributed by atoms with Crippen LogP contribution in [0.25, 0.3) is 0 Å². The Labute approximate surface area is 174 Å². The van der Waals surface area contributed by atoms with Crippen molar-refractivity contribution in [2.45, 2.75) is 59.2 Å². The number of benzene rings is 2. The largest absolute Gasteiger partial charge is 0.484 e. The van der Waals surface area contributed by atoms with Crippen LogP contribution in [0.5, 0.6) is 5.75 Å². The lowest BCUT2D eigenvalue weighted by atomic mass is 10.1. The van der Waals surface area contributed by atoms with E-state index in [0.717, 1.165) is 17.5 Å². The average Bonchev–Trinajstić information content (AvgIpc) is 2.73. The number of carbonyl (C=O) groups is 2. The molecule has 2 atom stereocenters. The molecule has 2 aromatic carbocycles. The minimum atomic E-state index is -0.543. The summed E-state index contributed by atoms with van der Waals surface area (Å²) in [6.45, 7) is 8.17. The molecule has 0 spiro atoms. The fourth-order valence-corrected chi connectivity index (χ4v) is 3.00. The van der Waals surface area contributed by atoms with Crippen molar-refractivity contribution in [3.05, 3.63) is 65.7 Å². The molecule has 29 heavy (non-hydrogen) atoms. The predicted molar refractivity (Wildman–Crippen MR) is 116 cm³/mol. The minimum Gasteiger partial charge on any atom is -0.484 e. The highest BCUT2D eigenvalue weighted by Gasteiger charge is 2.29. The first-order valence-electron chi connectivity index (χ1n) is 10.3. The number of nitrogens with zero attached hydrogens (tertiary/aromatic N) is 1. The molecule has 2 aromatic rings. The van der Waals surface area contributed by atoms with Crippen molar-refractivity contribution in [2.24, 2.45) is 0 Å². The smallest absolute Gasteiger partial charge is 0.261 e. The lowest BCUT2D eigenvalue weighted by Crippen LogP contribution is -2.51. The SMILES string of the molecule is CCC(C)NC(=O)C(CC)N(Cc1ccccc1)C(=O)COc1ccc(C)cc1. The molecule has 2 rings (SSSR count). The molecule has 0 fully saturated rings. The van der Waals surface area contributed by atoms with E-state index in [1.54, 1.807) is 4.90 Å². The van der Waals surface area contributed by atoms with Crippen molar-refractivity contribution in [2.75, 3.05) is 6.61 Å². The number of rotatable bonds is 10. The molecule has 5 nitrogen and oxygen atoms in total. The van der Waals surface area contributed by atoms with Gasteiger partial charge in [-0.25, -0.2) is 0 Å². The topological polar surface area (TPSA) is 58.6 Å². The second-order valence-electron chi connectivity index (χ2n) is 7.35. The van der Waals surface area contributed by atoms with Gasteiger partial charge in [0, 0.05) is 12.6 Å². The first-order chi connectivity index (χ1) is 13.9. The molecule has 0 saturated carbocycles. The molecule has 0 aliphatic rings. The number of ether oxygens (including phenoxy) is 1. The summed E-state index contributed by atoms with van der Waals surface area (Å²) in [4.78, 5) is 27.5. The van der Waals surface area contributed by atoms with Crippen LogP contribution >= 0.6 is 0 Å². The Morgan fingerprint density at radius 1 is 1.00 bits per heavy atom. The molecule has 0 bridgehead atoms. The van der Waals surface area contributed by atoms with Crippen LogP contribution < -0.4 is 10.1 Å². The van der Waals surface area contributed by atoms with Crippen molar-refractivity contribution in [1.29, 1.82) is 0 Å². The molecule has 0 aliphatic carbocycles. The molecule has 0 heterocycles. The lowest BCUT2D eigenvalue weighted by Gasteiger charge is -2.31. The number of nitrogens with one attached hydrogen (secondary N) is 1. The van der Waals surface area contributed by atoms with Crippen LogP contribution in [0.1, 0.15) is 44.7 Å². The van der Waals surface area contributed by atoms with Gasteiger partial charge in [-0.1, -0.05) is 61.9 Å². The van der Waals surface area contributed by atoms with Gasteiger partial charge in [-0.3, -0.25) is 9.59 Å². The third-order valence-electron chi connectivity index (χ3n) is 4.97. The van der Waals surface area contributed by atoms with Crippen LogP contribution in [0.15, 0.2) is 54.6 Å². The molecule has 1 N–H and O–H groups in total. The van der Waals surface area contributed by atoms with E-state index in [-0.39, 0.29) is 24.5 Å². The first-order valence-corrected chi connectivity index (χ1v) is 10.3. The highest BCUT2D eigenvalue weighted by atomic mass is 16.5. The van der Waals surface area contributed by atoms with E-state index >= 15 is 0 Å². The fourth-order valence-electron chi connectivity index (χ4n) is 3.00. The fraction of sp³-hybridized carbons (Fsp3) is 0.417. The zero-order chi connectivity index (χ0) is 21.2. The van der Waals surface area contributed by atoms with E-state index in [4.69, 9.17) is 4.74 Å². The summed E-state index contributed by atoms with van der Waals surface area (Å²) in [5, 5.41) is 3.01. The normalized spacial score (nSPS) is 12.7. The molecule has 156 valence electrons. The lowest BCUT2D eigenvalue weighted by molar-refractivity contribution is -0.143. The van der Waals surface area contributed by atoms with Gasteiger partial charge in [0.05, 0.1) is 0 Å². The Morgan fingerprint density at radius 2 is 1.66 bits per heavy atom. The molecule has 0 aliphatic heterocycles. The van der Waals surface area contributed by atoms with Crippen LogP contribution in [-0.2, 0) is 16.1 Å². The van der Waals surface area contributed by atoms with Crippen LogP contribution in [0, 0.1) is 6.92 Å². The average molecular weight is 397 g/mol. The molecular weight excluding hydrogens is 364 g/mol. The minimum absolute atomic E-state index is 0.0639. The summed E-state index contributed by atoms with van der Waals surface area (Å²) in [6, 6.07) is 16.8. The quantitative estimate of drug-likeness (QED) is 0.658. The monoisotopic (exact) mass is 396 g/mol. The molecular formula is C24H32N2O3. The zero-order valence-electron chi connectivity index (χ0n) is 17.9. The summed E-state index contributed by atoms with van der Waals surface area (Å²) in [7, 11) is 0. The third kappa shape index (κ3) is 6.93. The Morgan fingerprint density at radius 3 is 2.24 bits per heavy atom. The van der Waals surface area contributed by atoms with Crippen LogP contribution in [-0.4, -0.2) is 35.4 Å². The molecule has 0 radical (unpaired) electrons. The molecule has 2 unspecified atom stereocenters. The summed E-state index contributed by atoms with van der Waals surface area (Å²) in [5.41, 5.74) is 2.10. The number of amides is 2. The van der Waals surface area contributed by atoms with Crippen LogP contribution in [0.3, 0.4) is 0 Å². The van der Waals surface area contributed by atoms with Gasteiger partial charge in [0.25, 0.3) is 5.91 Å². The van der Waals surface area contributed by atoms with Crippen molar-refractivity contribution >= 4 is 11.8 Å². The van der Waals surface area contributed by atoms with E-state index in [1.165, 1.54) is 0 Å². The summed E-state index contributed by atoms with van der Waals surface area (Å²) in [6.07, 6.45) is 1.37. The molecule has 0 saturated heterocycles. The molecule has 0 aromatic heterocycles. The molecule has 2 amide bonds. The van der Waals surface area contributed by atoms with E-state index in [2.05, 4.69) is 5.32 Å². The third-order valence-corrected chi connectivity index (χ3v) is 4.97. The predicted octanol–water partition coefficient (Wildman–Crippen LogP) is 4.10. The second-order valence-corrected chi connectivity index (χ2v) is 7.35. The maximum Gasteiger partial charge on any atom is 0.261 e. The van der Waals surface area contributed by atoms with Crippen molar-refractivity contribution < 1.29 is 14.3 Å². The molecule has 5 heteroatoms. The standard InChI is InChI=1S/C24H32N2O3/c1-5-19(4)25-24(28)22(6-2)26(16-20-10-8-7-9-11-20)23(27)17-29-21-14-12-18(3)13-15-21/h7-15,19,22H,5-6,16-17H2,1-4H3,(H,25,28). The van der Waals surface area contributed by atoms with Crippen molar-refractivity contribution in [3.8, 4) is 5.75 Å². The summed E-state index contributed by atoms with van der Waals surface area (Å²) in [5.74, 6) is 0.308. The first kappa shape index (κ1) is 22.5. The van der Waals surface area contributed by atoms with Crippen LogP contribution in [0.2, 0.25) is 0 Å². The van der Waals surface area contributed by atoms with Gasteiger partial charge in [-0.05, 0) is 44.4 Å². The van der Waals surface area contributed by atoms with Crippen molar-refractivity contribution in [1.82, 2.24) is 10.2 Å². The maximum absolute atomic E-state index is 13.1. The second kappa shape index (κ2) is 11.2. The zero-order valence-corrected chi connectivity index (χ0v) is 17.9. The number of hydrogen-bond donors (Lipinski definition) is 1. The number of aryl methyl sites for hydroxylation is 1. The number of hydrogen-bond acceptors (Lipinski definition) is 3. The van der Waals surface area contributed by atoms with Gasteiger partial charge in [-0.2, -0.15) is 0 Å². The highest BCUT2D eigenvalue weighted by molar-refractivity contribution is 5.88. The van der Waals surface area contributed by atoms with E-state index in [9.17, 15) is 9.59 Å². The Bertz CT molecular complexity index is 774. The Hall–Kier alpha value is -2.82. The van der Waals surface area contributed by atoms with Crippen molar-refractivity contribution in [3.63, 3.8) is 0 Å². The summed E-state index contributed by atoms with van der Waals surface area (Å²) < 4.78 is 5.70. The van der Waals surface area contributed by atoms with E-state index in [0.29, 0.717) is 18.7 Å². The van der Waals surface area contributed by atoms with Gasteiger partial charge in [-0.15, -0.1) is 0 Å². The van der Waals surface area contributed by atoms with Gasteiger partial charge in [0.2, 0.25) is 5.91 Å². The van der Waals surface area contributed by atoms with Crippen LogP contribution in [0.4, 0.5) is 0 Å². The number of carbonyl (C=O) groups excluding carboxylic acids is 2. The van der Waals surface area contributed by atoms with Gasteiger partial charge in [0.15, 0.2) is 6.61 Å². The highest BCUT2D eigenvalue weighted by Crippen LogP contribution is 2.15. The van der Waals surface area contributed by atoms with Gasteiger partial charge >= 0.3 is 0 Å². The Kier molecular flexibility index (Phi) is 8.71. The van der Waals surface area contributed by atoms with E-state index < -0.39 is 6.04 Å². The Balaban J connectivity index is 2.16. The van der Waals surface area contributed by atoms with Gasteiger partial charge < -0.3 is 15.0 Å². The maximum atomic E-state index is 13.1. The van der Waals surface area contributed by atoms with Gasteiger partial charge in [0.1, 0.15) is 11.8 Å². The van der Waals surface area contributed by atoms with E-state index in [1.807, 2.05) is 82.3 Å². The summed E-state index contributed by atoms with van der Waals surface area (Å²) >= 11 is 0.